The summed E-state index contributed by atoms with van der Waals surface area (Å²) in [6, 6.07) is 0. The van der Waals surface area contributed by atoms with Gasteiger partial charge in [-0.05, 0) is 97.2 Å². The van der Waals surface area contributed by atoms with Crippen LogP contribution in [-0.4, -0.2) is 23.4 Å². The lowest BCUT2D eigenvalue weighted by Crippen LogP contribution is -2.38. The first-order valence-corrected chi connectivity index (χ1v) is 14.1. The summed E-state index contributed by atoms with van der Waals surface area (Å²) in [4.78, 5) is 0. The van der Waals surface area contributed by atoms with E-state index in [0.717, 1.165) is 42.4 Å². The minimum atomic E-state index is 0.328. The fourth-order valence-electron chi connectivity index (χ4n) is 9.20. The zero-order valence-corrected chi connectivity index (χ0v) is 22.2. The molecule has 0 unspecified atom stereocenters. The average molecular weight is 447 g/mol. The number of aliphatic hydroxyl groups is 2. The van der Waals surface area contributed by atoms with Crippen LogP contribution in [0, 0.1) is 52.3 Å². The summed E-state index contributed by atoms with van der Waals surface area (Å²) in [5, 5.41) is 18.2. The smallest absolute Gasteiger partial charge is 0.0436 e. The molecular weight excluding hydrogens is 392 g/mol. The monoisotopic (exact) mass is 446 g/mol. The summed E-state index contributed by atoms with van der Waals surface area (Å²) in [7, 11) is 0. The molecular formula is C30H54O2. The lowest BCUT2D eigenvalue weighted by molar-refractivity contribution is 0.0316. The second-order valence-corrected chi connectivity index (χ2v) is 12.9. The van der Waals surface area contributed by atoms with Gasteiger partial charge in [0.1, 0.15) is 0 Å². The van der Waals surface area contributed by atoms with Crippen LogP contribution in [0.1, 0.15) is 112 Å². The minimum Gasteiger partial charge on any atom is -0.396 e. The highest BCUT2D eigenvalue weighted by Gasteiger charge is 2.51. The fourth-order valence-corrected chi connectivity index (χ4v) is 9.20. The Balaban J connectivity index is 0.000000181. The lowest BCUT2D eigenvalue weighted by Gasteiger charge is -2.46. The highest BCUT2D eigenvalue weighted by Crippen LogP contribution is 2.60. The van der Waals surface area contributed by atoms with Gasteiger partial charge in [0, 0.05) is 13.2 Å². The van der Waals surface area contributed by atoms with Gasteiger partial charge < -0.3 is 10.2 Å². The predicted octanol–water partition coefficient (Wildman–Crippen LogP) is 7.63. The molecule has 2 nitrogen and oxygen atoms in total. The van der Waals surface area contributed by atoms with Gasteiger partial charge in [0.15, 0.2) is 0 Å². The van der Waals surface area contributed by atoms with Crippen LogP contribution in [0.2, 0.25) is 0 Å². The molecule has 0 aromatic rings. The molecule has 0 bridgehead atoms. The maximum Gasteiger partial charge on any atom is 0.0436 e. The molecule has 0 aliphatic heterocycles. The Labute approximate surface area is 199 Å². The molecule has 186 valence electrons. The summed E-state index contributed by atoms with van der Waals surface area (Å²) in [6.45, 7) is 15.2. The van der Waals surface area contributed by atoms with Gasteiger partial charge in [0.05, 0.1) is 0 Å². The topological polar surface area (TPSA) is 40.5 Å². The molecule has 3 saturated carbocycles. The van der Waals surface area contributed by atoms with Crippen molar-refractivity contribution in [2.75, 3.05) is 13.2 Å². The van der Waals surface area contributed by atoms with E-state index in [1.807, 2.05) is 0 Å². The van der Waals surface area contributed by atoms with Crippen molar-refractivity contribution in [2.45, 2.75) is 112 Å². The quantitative estimate of drug-likeness (QED) is 0.412. The first-order chi connectivity index (χ1) is 15.2. The van der Waals surface area contributed by atoms with Crippen LogP contribution in [-0.2, 0) is 0 Å². The van der Waals surface area contributed by atoms with Crippen LogP contribution in [0.4, 0.5) is 0 Å². The molecule has 3 fully saturated rings. The van der Waals surface area contributed by atoms with Crippen LogP contribution < -0.4 is 0 Å². The van der Waals surface area contributed by atoms with E-state index in [4.69, 9.17) is 10.2 Å². The Hall–Kier alpha value is -0.340. The Bertz CT molecular complexity index is 620. The summed E-state index contributed by atoms with van der Waals surface area (Å²) in [5.41, 5.74) is 2.69. The summed E-state index contributed by atoms with van der Waals surface area (Å²) in [5.74, 6) is 5.81. The van der Waals surface area contributed by atoms with Gasteiger partial charge in [-0.25, -0.2) is 0 Å². The molecule has 0 radical (unpaired) electrons. The van der Waals surface area contributed by atoms with Gasteiger partial charge >= 0.3 is 0 Å². The third kappa shape index (κ3) is 5.02. The van der Waals surface area contributed by atoms with E-state index in [1.54, 1.807) is 5.57 Å². The first-order valence-electron chi connectivity index (χ1n) is 14.1. The van der Waals surface area contributed by atoms with Crippen molar-refractivity contribution in [3.05, 3.63) is 11.6 Å². The number of hydrogen-bond donors (Lipinski definition) is 2. The van der Waals surface area contributed by atoms with E-state index in [2.05, 4.69) is 47.6 Å². The van der Waals surface area contributed by atoms with E-state index in [-0.39, 0.29) is 0 Å². The normalized spacial score (nSPS) is 42.9. The molecule has 0 aromatic carbocycles. The molecule has 0 heterocycles. The van der Waals surface area contributed by atoms with E-state index in [9.17, 15) is 0 Å². The van der Waals surface area contributed by atoms with Gasteiger partial charge in [-0.2, -0.15) is 0 Å². The summed E-state index contributed by atoms with van der Waals surface area (Å²) < 4.78 is 0. The Morgan fingerprint density at radius 2 is 1.50 bits per heavy atom. The molecule has 0 aromatic heterocycles. The molecule has 9 atom stereocenters. The largest absolute Gasteiger partial charge is 0.396 e. The minimum absolute atomic E-state index is 0.328. The van der Waals surface area contributed by atoms with Gasteiger partial charge in [0.25, 0.3) is 0 Å². The van der Waals surface area contributed by atoms with Gasteiger partial charge in [-0.1, -0.05) is 78.9 Å². The SMILES string of the molecule is C[C@H](CCO)C1=CC[C@H]2[C@H](C)CCC[C@]12C.C[C@H](CCO)[C@H]1CC[C@H]2[C@H](C)CCC[C@]12C. The average Bonchev–Trinajstić information content (AvgIpc) is 3.27. The Kier molecular flexibility index (Phi) is 8.98. The van der Waals surface area contributed by atoms with Crippen LogP contribution in [0.5, 0.6) is 0 Å². The predicted molar refractivity (Wildman–Crippen MR) is 136 cm³/mol. The maximum atomic E-state index is 9.13. The van der Waals surface area contributed by atoms with E-state index in [0.29, 0.717) is 35.9 Å². The van der Waals surface area contributed by atoms with Crippen molar-refractivity contribution >= 4 is 0 Å². The Morgan fingerprint density at radius 3 is 2.16 bits per heavy atom. The number of rotatable bonds is 6. The zero-order chi connectivity index (χ0) is 23.5. The van der Waals surface area contributed by atoms with Gasteiger partial charge in [-0.15, -0.1) is 0 Å². The molecule has 0 saturated heterocycles. The van der Waals surface area contributed by atoms with E-state index >= 15 is 0 Å². The number of hydrogen-bond acceptors (Lipinski definition) is 2. The van der Waals surface area contributed by atoms with Crippen LogP contribution in [0.25, 0.3) is 0 Å². The first kappa shape index (κ1) is 26.3. The van der Waals surface area contributed by atoms with Crippen LogP contribution >= 0.6 is 0 Å². The summed E-state index contributed by atoms with van der Waals surface area (Å²) in [6.07, 6.45) is 17.0. The lowest BCUT2D eigenvalue weighted by atomic mass is 9.59. The highest BCUT2D eigenvalue weighted by molar-refractivity contribution is 5.25. The molecule has 0 amide bonds. The third-order valence-electron chi connectivity index (χ3n) is 11.0. The van der Waals surface area contributed by atoms with Crippen molar-refractivity contribution in [2.24, 2.45) is 52.3 Å². The fraction of sp³-hybridized carbons (Fsp3) is 0.933. The number of allylic oxidation sites excluding steroid dienone is 2. The molecule has 4 aliphatic carbocycles. The molecule has 4 aliphatic rings. The Morgan fingerprint density at radius 1 is 0.875 bits per heavy atom. The zero-order valence-electron chi connectivity index (χ0n) is 22.2. The number of aliphatic hydroxyl groups excluding tert-OH is 2. The molecule has 32 heavy (non-hydrogen) atoms. The van der Waals surface area contributed by atoms with Gasteiger partial charge in [0.2, 0.25) is 0 Å². The van der Waals surface area contributed by atoms with E-state index in [1.165, 1.54) is 57.8 Å². The second kappa shape index (κ2) is 10.9. The van der Waals surface area contributed by atoms with Crippen molar-refractivity contribution in [1.82, 2.24) is 0 Å². The molecule has 4 rings (SSSR count). The van der Waals surface area contributed by atoms with Crippen molar-refractivity contribution in [3.8, 4) is 0 Å². The second-order valence-electron chi connectivity index (χ2n) is 12.9. The van der Waals surface area contributed by atoms with Crippen LogP contribution in [0.15, 0.2) is 11.6 Å². The van der Waals surface area contributed by atoms with Crippen molar-refractivity contribution < 1.29 is 10.2 Å². The summed E-state index contributed by atoms with van der Waals surface area (Å²) >= 11 is 0. The third-order valence-corrected chi connectivity index (χ3v) is 11.0. The van der Waals surface area contributed by atoms with Crippen LogP contribution in [0.3, 0.4) is 0 Å². The highest BCUT2D eigenvalue weighted by atomic mass is 16.3. The molecule has 2 N–H and O–H groups in total. The van der Waals surface area contributed by atoms with Crippen molar-refractivity contribution in [3.63, 3.8) is 0 Å². The standard InChI is InChI=1S/C15H28O.C15H26O/c2*1-11-5-4-9-15(3)13(11)6-7-14(15)12(2)8-10-16/h11-14,16H,4-10H2,1-3H3;7,11-13,16H,4-6,8-10H2,1-3H3/t11-,12-,13+,14-,15+;11-,12-,13+,15+/m11/s1. The maximum absolute atomic E-state index is 9.13. The van der Waals surface area contributed by atoms with Gasteiger partial charge in [-0.3, -0.25) is 0 Å². The van der Waals surface area contributed by atoms with E-state index < -0.39 is 0 Å². The molecule has 2 heteroatoms. The van der Waals surface area contributed by atoms with Crippen molar-refractivity contribution in [1.29, 1.82) is 0 Å². The molecule has 0 spiro atoms. The number of fused-ring (bicyclic) bond motifs is 2.